The van der Waals surface area contributed by atoms with Gasteiger partial charge in [-0.3, -0.25) is 0 Å². The van der Waals surface area contributed by atoms with Crippen LogP contribution < -0.4 is 4.74 Å². The summed E-state index contributed by atoms with van der Waals surface area (Å²) in [4.78, 5) is 4.56. The summed E-state index contributed by atoms with van der Waals surface area (Å²) in [5.74, 6) is 1.36. The van der Waals surface area contributed by atoms with Crippen LogP contribution in [-0.4, -0.2) is 21.4 Å². The second-order valence-corrected chi connectivity index (χ2v) is 7.63. The molecule has 1 aliphatic carbocycles. The van der Waals surface area contributed by atoms with Crippen molar-refractivity contribution in [3.05, 3.63) is 53.1 Å². The summed E-state index contributed by atoms with van der Waals surface area (Å²) in [5, 5.41) is 24.4. The number of aliphatic hydroxyl groups is 1. The lowest BCUT2D eigenvalue weighted by atomic mass is 9.92. The third-order valence-electron chi connectivity index (χ3n) is 5.43. The predicted octanol–water partition coefficient (Wildman–Crippen LogP) is 4.61. The smallest absolute Gasteiger partial charge is 0.258 e. The van der Waals surface area contributed by atoms with E-state index in [1.165, 1.54) is 0 Å². The molecule has 0 spiro atoms. The third kappa shape index (κ3) is 3.39. The van der Waals surface area contributed by atoms with Crippen molar-refractivity contribution in [3.63, 3.8) is 0 Å². The second kappa shape index (κ2) is 7.34. The quantitative estimate of drug-likeness (QED) is 0.685. The van der Waals surface area contributed by atoms with Crippen LogP contribution in [0, 0.1) is 11.3 Å². The van der Waals surface area contributed by atoms with Gasteiger partial charge < -0.3 is 14.4 Å². The zero-order valence-corrected chi connectivity index (χ0v) is 16.8. The number of fused-ring (bicyclic) bond motifs is 1. The maximum absolute atomic E-state index is 10.8. The van der Waals surface area contributed by atoms with Gasteiger partial charge in [0.2, 0.25) is 5.82 Å². The first-order valence-electron chi connectivity index (χ1n) is 9.85. The lowest BCUT2D eigenvalue weighted by Gasteiger charge is -2.21. The SMILES string of the molecule is CCC1(O)CCc2c(-c3noc(-c4ccc(OC(C)C)c(C#N)c4)n3)cccc21. The Balaban J connectivity index is 1.70. The molecule has 0 amide bonds. The summed E-state index contributed by atoms with van der Waals surface area (Å²) in [6, 6.07) is 13.3. The van der Waals surface area contributed by atoms with Gasteiger partial charge in [-0.25, -0.2) is 0 Å². The van der Waals surface area contributed by atoms with E-state index >= 15 is 0 Å². The first-order chi connectivity index (χ1) is 13.9. The summed E-state index contributed by atoms with van der Waals surface area (Å²) >= 11 is 0. The highest BCUT2D eigenvalue weighted by Crippen LogP contribution is 2.43. The van der Waals surface area contributed by atoms with Gasteiger partial charge >= 0.3 is 0 Å². The molecule has 3 aromatic rings. The summed E-state index contributed by atoms with van der Waals surface area (Å²) in [6.45, 7) is 5.82. The number of ether oxygens (including phenoxy) is 1. The molecular weight excluding hydrogens is 366 g/mol. The minimum atomic E-state index is -0.786. The monoisotopic (exact) mass is 389 g/mol. The number of aromatic nitrogens is 2. The van der Waals surface area contributed by atoms with Crippen molar-refractivity contribution in [1.82, 2.24) is 10.1 Å². The van der Waals surface area contributed by atoms with Crippen LogP contribution in [0.15, 0.2) is 40.9 Å². The minimum Gasteiger partial charge on any atom is -0.490 e. The van der Waals surface area contributed by atoms with E-state index in [1.54, 1.807) is 18.2 Å². The fourth-order valence-corrected chi connectivity index (χ4v) is 3.89. The van der Waals surface area contributed by atoms with Crippen molar-refractivity contribution in [2.45, 2.75) is 51.7 Å². The number of hydrogen-bond acceptors (Lipinski definition) is 6. The molecule has 1 atom stereocenters. The first-order valence-corrected chi connectivity index (χ1v) is 9.85. The Kier molecular flexibility index (Phi) is 4.85. The highest BCUT2D eigenvalue weighted by molar-refractivity contribution is 5.67. The molecule has 6 nitrogen and oxygen atoms in total. The van der Waals surface area contributed by atoms with Gasteiger partial charge in [0.1, 0.15) is 11.8 Å². The fourth-order valence-electron chi connectivity index (χ4n) is 3.89. The normalized spacial score (nSPS) is 17.9. The van der Waals surface area contributed by atoms with E-state index in [9.17, 15) is 10.4 Å². The summed E-state index contributed by atoms with van der Waals surface area (Å²) in [5.41, 5.74) is 3.19. The van der Waals surface area contributed by atoms with Gasteiger partial charge in [0.15, 0.2) is 0 Å². The Labute approximate surface area is 169 Å². The maximum Gasteiger partial charge on any atom is 0.258 e. The van der Waals surface area contributed by atoms with Gasteiger partial charge in [0.05, 0.1) is 17.3 Å². The fraction of sp³-hybridized carbons (Fsp3) is 0.348. The van der Waals surface area contributed by atoms with Crippen LogP contribution in [0.25, 0.3) is 22.8 Å². The van der Waals surface area contributed by atoms with E-state index in [4.69, 9.17) is 9.26 Å². The van der Waals surface area contributed by atoms with Crippen LogP contribution in [0.5, 0.6) is 5.75 Å². The van der Waals surface area contributed by atoms with E-state index in [-0.39, 0.29) is 6.10 Å². The van der Waals surface area contributed by atoms with Gasteiger partial charge in [-0.05, 0) is 62.4 Å². The van der Waals surface area contributed by atoms with Crippen LogP contribution in [0.4, 0.5) is 0 Å². The Bertz CT molecular complexity index is 1100. The molecule has 0 bridgehead atoms. The zero-order valence-electron chi connectivity index (χ0n) is 16.8. The van der Waals surface area contributed by atoms with Crippen LogP contribution in [0.2, 0.25) is 0 Å². The molecule has 1 aliphatic rings. The highest BCUT2D eigenvalue weighted by Gasteiger charge is 2.36. The van der Waals surface area contributed by atoms with Gasteiger partial charge in [0.25, 0.3) is 5.89 Å². The first kappa shape index (κ1) is 19.2. The van der Waals surface area contributed by atoms with Crippen molar-refractivity contribution in [1.29, 1.82) is 5.26 Å². The molecule has 0 fully saturated rings. The Hall–Kier alpha value is -3.17. The van der Waals surface area contributed by atoms with Gasteiger partial charge in [0, 0.05) is 11.1 Å². The van der Waals surface area contributed by atoms with Crippen LogP contribution >= 0.6 is 0 Å². The van der Waals surface area contributed by atoms with Crippen molar-refractivity contribution in [2.24, 2.45) is 0 Å². The molecule has 6 heteroatoms. The minimum absolute atomic E-state index is 0.0232. The summed E-state index contributed by atoms with van der Waals surface area (Å²) < 4.78 is 11.2. The molecule has 0 saturated heterocycles. The molecule has 1 aromatic heterocycles. The lowest BCUT2D eigenvalue weighted by molar-refractivity contribution is 0.0346. The molecule has 4 rings (SSSR count). The van der Waals surface area contributed by atoms with Crippen LogP contribution in [-0.2, 0) is 12.0 Å². The van der Waals surface area contributed by atoms with E-state index < -0.39 is 5.60 Å². The molecule has 0 saturated carbocycles. The number of hydrogen-bond donors (Lipinski definition) is 1. The molecule has 148 valence electrons. The van der Waals surface area contributed by atoms with Crippen LogP contribution in [0.3, 0.4) is 0 Å². The molecule has 0 aliphatic heterocycles. The number of nitrogens with zero attached hydrogens (tertiary/aromatic N) is 3. The largest absolute Gasteiger partial charge is 0.490 e. The molecular formula is C23H23N3O3. The zero-order chi connectivity index (χ0) is 20.6. The van der Waals surface area contributed by atoms with E-state index in [1.807, 2.05) is 39.0 Å². The van der Waals surface area contributed by atoms with Crippen LogP contribution in [0.1, 0.15) is 50.3 Å². The van der Waals surface area contributed by atoms with Crippen molar-refractivity contribution in [3.8, 4) is 34.7 Å². The number of rotatable bonds is 5. The summed E-state index contributed by atoms with van der Waals surface area (Å²) in [6.07, 6.45) is 2.12. The van der Waals surface area contributed by atoms with Crippen molar-refractivity contribution >= 4 is 0 Å². The topological polar surface area (TPSA) is 92.2 Å². The molecule has 1 unspecified atom stereocenters. The Morgan fingerprint density at radius 3 is 2.86 bits per heavy atom. The van der Waals surface area contributed by atoms with Gasteiger partial charge in [-0.1, -0.05) is 30.3 Å². The molecule has 1 N–H and O–H groups in total. The standard InChI is InChI=1S/C23H23N3O3/c1-4-23(27)11-10-17-18(6-5-7-19(17)23)21-25-22(29-26-21)15-8-9-20(28-14(2)3)16(12-15)13-24/h5-9,12,14,27H,4,10-11H2,1-3H3. The second-order valence-electron chi connectivity index (χ2n) is 7.63. The Morgan fingerprint density at radius 2 is 2.14 bits per heavy atom. The number of benzene rings is 2. The van der Waals surface area contributed by atoms with Crippen molar-refractivity contribution in [2.75, 3.05) is 0 Å². The van der Waals surface area contributed by atoms with E-state index in [0.29, 0.717) is 41.4 Å². The average Bonchev–Trinajstić information content (AvgIpc) is 3.34. The molecule has 29 heavy (non-hydrogen) atoms. The number of nitriles is 1. The highest BCUT2D eigenvalue weighted by atomic mass is 16.5. The van der Waals surface area contributed by atoms with Crippen molar-refractivity contribution < 1.29 is 14.4 Å². The average molecular weight is 389 g/mol. The molecule has 2 aromatic carbocycles. The summed E-state index contributed by atoms with van der Waals surface area (Å²) in [7, 11) is 0. The Morgan fingerprint density at radius 1 is 1.31 bits per heavy atom. The lowest BCUT2D eigenvalue weighted by Crippen LogP contribution is -2.20. The van der Waals surface area contributed by atoms with Gasteiger partial charge in [-0.15, -0.1) is 0 Å². The maximum atomic E-state index is 10.8. The van der Waals surface area contributed by atoms with E-state index in [2.05, 4.69) is 16.2 Å². The van der Waals surface area contributed by atoms with Gasteiger partial charge in [-0.2, -0.15) is 10.2 Å². The predicted molar refractivity (Wildman–Crippen MR) is 108 cm³/mol. The van der Waals surface area contributed by atoms with E-state index in [0.717, 1.165) is 23.1 Å². The molecule has 0 radical (unpaired) electrons. The molecule has 1 heterocycles. The third-order valence-corrected chi connectivity index (χ3v) is 5.43.